The van der Waals surface area contributed by atoms with Crippen LogP contribution >= 0.6 is 0 Å². The van der Waals surface area contributed by atoms with Gasteiger partial charge in [0.2, 0.25) is 0 Å². The van der Waals surface area contributed by atoms with Gasteiger partial charge in [0.05, 0.1) is 0 Å². The summed E-state index contributed by atoms with van der Waals surface area (Å²) in [5.74, 6) is 13.6. The first kappa shape index (κ1) is 55.6. The Kier molecular flexibility index (Phi) is 28.2. The number of rotatable bonds is 6. The Labute approximate surface area is 436 Å². The third kappa shape index (κ3) is 19.2. The summed E-state index contributed by atoms with van der Waals surface area (Å²) >= 11 is 5.27. The molecule has 10 aromatic carbocycles. The first-order valence-corrected chi connectivity index (χ1v) is 20.6. The van der Waals surface area contributed by atoms with Crippen molar-refractivity contribution >= 4 is 15.6 Å². The van der Waals surface area contributed by atoms with Crippen molar-refractivity contribution in [2.75, 3.05) is 0 Å². The van der Waals surface area contributed by atoms with E-state index in [9.17, 15) is 0 Å². The summed E-state index contributed by atoms with van der Waals surface area (Å²) in [5, 5.41) is 0. The zero-order valence-electron chi connectivity index (χ0n) is 35.2. The van der Waals surface area contributed by atoms with Gasteiger partial charge >= 0.3 is 319 Å². The van der Waals surface area contributed by atoms with Crippen LogP contribution in [-0.4, -0.2) is 4.45 Å². The van der Waals surface area contributed by atoms with Crippen LogP contribution in [0, 0.1) is 30.1 Å². The second kappa shape index (κ2) is 33.0. The minimum absolute atomic E-state index is 0. The van der Waals surface area contributed by atoms with Gasteiger partial charge in [0.25, 0.3) is 0 Å². The van der Waals surface area contributed by atoms with Crippen molar-refractivity contribution in [3.8, 4) is 23.7 Å². The molecule has 10 aromatic rings. The van der Waals surface area contributed by atoms with E-state index in [1.807, 2.05) is 194 Å². The Morgan fingerprint density at radius 3 is 1.12 bits per heavy atom. The zero-order chi connectivity index (χ0) is 42.0. The molecule has 0 amide bonds. The molecule has 0 N–H and O–H groups in total. The predicted octanol–water partition coefficient (Wildman–Crippen LogP) is 13.9. The Hall–Kier alpha value is -5.58. The van der Waals surface area contributed by atoms with Crippen molar-refractivity contribution in [2.45, 2.75) is 0 Å². The topological polar surface area (TPSA) is 0 Å². The summed E-state index contributed by atoms with van der Waals surface area (Å²) in [5.41, 5.74) is 10.1. The molecule has 0 aliphatic rings. The van der Waals surface area contributed by atoms with Crippen LogP contribution in [0.3, 0.4) is 0 Å². The molecule has 5 heteroatoms. The molecule has 0 aliphatic carbocycles. The maximum atomic E-state index is 5.27. The Morgan fingerprint density at radius 2 is 0.738 bits per heavy atom. The van der Waals surface area contributed by atoms with E-state index in [2.05, 4.69) is 103 Å². The molecule has 0 saturated heterocycles. The van der Waals surface area contributed by atoms with Crippen molar-refractivity contribution in [1.29, 1.82) is 0 Å². The minimum atomic E-state index is 0. The molecule has 0 nitrogen and oxygen atoms in total. The van der Waals surface area contributed by atoms with Gasteiger partial charge in [0, 0.05) is 0 Å². The average molecular weight is 1050 g/mol. The molecule has 0 aliphatic heterocycles. The molecule has 327 valence electrons. The molecule has 0 unspecified atom stereocenters. The average Bonchev–Trinajstić information content (AvgIpc) is 4.17. The van der Waals surface area contributed by atoms with Crippen LogP contribution in [0.5, 0.6) is 0 Å². The number of hydrogen-bond donors (Lipinski definition) is 0. The van der Waals surface area contributed by atoms with Crippen LogP contribution in [0.15, 0.2) is 267 Å². The molecule has 0 radical (unpaired) electrons. The van der Waals surface area contributed by atoms with Gasteiger partial charge in [-0.3, -0.25) is 0 Å². The third-order valence-electron chi connectivity index (χ3n) is 9.02. The molecule has 0 atom stereocenters. The second-order valence-corrected chi connectivity index (χ2v) is 13.9. The molecular formula is C60H45CoFe4-. The van der Waals surface area contributed by atoms with Gasteiger partial charge in [-0.1, -0.05) is 0 Å². The van der Waals surface area contributed by atoms with E-state index in [1.165, 1.54) is 0 Å². The molecule has 0 fully saturated rings. The van der Waals surface area contributed by atoms with Gasteiger partial charge in [0.15, 0.2) is 0 Å². The largest absolute Gasteiger partial charge is 2.00 e. The summed E-state index contributed by atoms with van der Waals surface area (Å²) in [6, 6.07) is 89.5. The number of hydrogen-bond acceptors (Lipinski definition) is 0. The van der Waals surface area contributed by atoms with E-state index in [4.69, 9.17) is 15.3 Å². The normalized spacial score (nSPS) is 9.43. The van der Waals surface area contributed by atoms with Crippen molar-refractivity contribution < 1.29 is 83.6 Å². The van der Waals surface area contributed by atoms with Crippen LogP contribution in [0.2, 0.25) is 0 Å². The molecule has 0 aromatic heterocycles. The summed E-state index contributed by atoms with van der Waals surface area (Å²) in [6.45, 7) is 0. The maximum Gasteiger partial charge on any atom is 2.00 e. The second-order valence-electron chi connectivity index (χ2n) is 13.4. The maximum absolute atomic E-state index is 5.27. The van der Waals surface area contributed by atoms with Gasteiger partial charge in [-0.2, -0.15) is 72.8 Å². The van der Waals surface area contributed by atoms with E-state index in [0.717, 1.165) is 60.1 Å². The van der Waals surface area contributed by atoms with Crippen molar-refractivity contribution in [1.82, 2.24) is 0 Å². The van der Waals surface area contributed by atoms with Crippen LogP contribution in [0.25, 0.3) is 11.1 Å². The summed E-state index contributed by atoms with van der Waals surface area (Å²) in [6.07, 6.45) is 2.23. The van der Waals surface area contributed by atoms with Crippen LogP contribution in [0.1, 0.15) is 44.5 Å². The zero-order valence-corrected chi connectivity index (χ0v) is 40.7. The van der Waals surface area contributed by atoms with Crippen LogP contribution in [-0.2, 0) is 83.6 Å². The van der Waals surface area contributed by atoms with Gasteiger partial charge in [-0.05, 0) is 0 Å². The fraction of sp³-hybridized carbons (Fsp3) is 0. The summed E-state index contributed by atoms with van der Waals surface area (Å²) in [7, 11) is 0. The van der Waals surface area contributed by atoms with Gasteiger partial charge in [-0.25, -0.2) is 48.5 Å². The third-order valence-corrected chi connectivity index (χ3v) is 9.59. The van der Waals surface area contributed by atoms with Crippen molar-refractivity contribution in [3.05, 3.63) is 318 Å². The first-order valence-electron chi connectivity index (χ1n) is 20.1. The summed E-state index contributed by atoms with van der Waals surface area (Å²) in [4.78, 5) is 0. The first-order chi connectivity index (χ1) is 30.3. The number of benzene rings is 2. The van der Waals surface area contributed by atoms with E-state index in [0.29, 0.717) is 0 Å². The quantitative estimate of drug-likeness (QED) is 0.0674. The molecule has 10 rings (SSSR count). The van der Waals surface area contributed by atoms with E-state index in [-0.39, 0.29) is 68.3 Å². The molecule has 0 saturated carbocycles. The van der Waals surface area contributed by atoms with E-state index < -0.39 is 0 Å². The van der Waals surface area contributed by atoms with Gasteiger partial charge < -0.3 is 0 Å². The van der Waals surface area contributed by atoms with Crippen LogP contribution < -0.4 is 0 Å². The fourth-order valence-electron chi connectivity index (χ4n) is 6.08. The van der Waals surface area contributed by atoms with Crippen molar-refractivity contribution in [2.24, 2.45) is 0 Å². The van der Waals surface area contributed by atoms with E-state index in [1.54, 1.807) is 0 Å². The Morgan fingerprint density at radius 1 is 0.400 bits per heavy atom. The smallest absolute Gasteiger partial charge is 0.214 e. The molecule has 65 heavy (non-hydrogen) atoms. The minimum Gasteiger partial charge on any atom is -0.214 e. The van der Waals surface area contributed by atoms with Gasteiger partial charge in [0.1, 0.15) is 0 Å². The predicted molar refractivity (Wildman–Crippen MR) is 255 cm³/mol. The SMILES string of the molecule is [Co]=[C](/C(=C(\[CH-][c-]1cccc1)c1ccccc1C#C[c-]1cccc1)c1ccccc1C#C[c-]1cccc1)[c-]1cccc1.[Fe+2].[Fe+2].[Fe+2].[Fe+2].c1cc[cH-]c1.c1cc[cH-]c1.c1cc[cH-]c1.c1cc[cH-]c1. The fourth-order valence-corrected chi connectivity index (χ4v) is 6.53. The number of allylic oxidation sites excluding steroid dienone is 2. The van der Waals surface area contributed by atoms with Crippen molar-refractivity contribution in [3.63, 3.8) is 0 Å². The standard InChI is InChI=1S/C40H25.4C5H5.Co.4Fe/c1-2-14-31(13-1)25-27-35-21-9-11-23-37(35)39(29-33-17-5-6-18-33)40(30-34-19-7-8-20-34)38-24-12-10-22-36(38)28-26-32-15-3-4-16-32;4*1-2-4-5-3-1;;;;;/h1-24,29H;4*1-5H;;;;;/q-5;4*-1;;4*+2/b40-39-;;;;;;;;;. The molecule has 0 spiro atoms. The monoisotopic (exact) mass is 1050 g/mol. The summed E-state index contributed by atoms with van der Waals surface area (Å²) < 4.78 is 0.877. The molecular weight excluding hydrogens is 1000 g/mol. The Bertz CT molecular complexity index is 2580. The van der Waals surface area contributed by atoms with Gasteiger partial charge in [-0.15, -0.1) is 0 Å². The molecule has 0 heterocycles. The molecule has 0 bridgehead atoms. The van der Waals surface area contributed by atoms with Crippen LogP contribution in [0.4, 0.5) is 0 Å². The van der Waals surface area contributed by atoms with E-state index >= 15 is 0 Å². The Balaban J connectivity index is 0.000000495.